The van der Waals surface area contributed by atoms with E-state index in [-0.39, 0.29) is 5.28 Å². The number of carbonyl (C=O) groups is 1. The summed E-state index contributed by atoms with van der Waals surface area (Å²) in [4.78, 5) is 22.9. The van der Waals surface area contributed by atoms with Crippen LogP contribution in [0.15, 0.2) is 0 Å². The van der Waals surface area contributed by atoms with E-state index >= 15 is 0 Å². The first-order valence-corrected chi connectivity index (χ1v) is 6.31. The summed E-state index contributed by atoms with van der Waals surface area (Å²) < 4.78 is 0. The van der Waals surface area contributed by atoms with Crippen molar-refractivity contribution in [2.24, 2.45) is 0 Å². The van der Waals surface area contributed by atoms with Crippen molar-refractivity contribution in [1.82, 2.24) is 14.9 Å². The number of hydrogen-bond acceptors (Lipinski definition) is 4. The highest BCUT2D eigenvalue weighted by molar-refractivity contribution is 6.28. The summed E-state index contributed by atoms with van der Waals surface area (Å²) in [6.07, 6.45) is 1.34. The molecule has 0 spiro atoms. The lowest BCUT2D eigenvalue weighted by Crippen LogP contribution is -2.24. The van der Waals surface area contributed by atoms with E-state index in [0.717, 1.165) is 43.0 Å². The Morgan fingerprint density at radius 2 is 1.94 bits per heavy atom. The highest BCUT2D eigenvalue weighted by atomic mass is 35.5. The zero-order chi connectivity index (χ0) is 12.7. The van der Waals surface area contributed by atoms with Crippen molar-refractivity contribution in [3.05, 3.63) is 16.5 Å². The molecule has 0 atom stereocenters. The molecule has 2 aliphatic heterocycles. The first-order chi connectivity index (χ1) is 8.65. The van der Waals surface area contributed by atoms with Crippen LogP contribution in [0.5, 0.6) is 0 Å². The lowest BCUT2D eigenvalue weighted by Gasteiger charge is -2.19. The Morgan fingerprint density at radius 1 is 1.22 bits per heavy atom. The van der Waals surface area contributed by atoms with Crippen LogP contribution in [0.25, 0.3) is 0 Å². The summed E-state index contributed by atoms with van der Waals surface area (Å²) >= 11 is 5.92. The van der Waals surface area contributed by atoms with E-state index in [1.54, 1.807) is 0 Å². The van der Waals surface area contributed by atoms with Crippen molar-refractivity contribution in [3.8, 4) is 0 Å². The fourth-order valence-corrected chi connectivity index (χ4v) is 2.72. The number of nitrogens with zero attached hydrogens (tertiary/aromatic N) is 4. The van der Waals surface area contributed by atoms with Crippen LogP contribution in [0.4, 0.5) is 10.6 Å². The third-order valence-corrected chi connectivity index (χ3v) is 3.58. The zero-order valence-corrected chi connectivity index (χ0v) is 10.5. The SMILES string of the molecule is O=C(O)N1Cc2nc(Cl)nc(N3CCCC3)c2C1. The fraction of sp³-hybridized carbons (Fsp3) is 0.545. The van der Waals surface area contributed by atoms with Crippen molar-refractivity contribution >= 4 is 23.5 Å². The van der Waals surface area contributed by atoms with Crippen LogP contribution >= 0.6 is 11.6 Å². The number of fused-ring (bicyclic) bond motifs is 1. The predicted molar refractivity (Wildman–Crippen MR) is 65.8 cm³/mol. The molecule has 0 aromatic carbocycles. The van der Waals surface area contributed by atoms with Crippen LogP contribution < -0.4 is 4.90 Å². The van der Waals surface area contributed by atoms with E-state index in [4.69, 9.17) is 16.7 Å². The number of hydrogen-bond donors (Lipinski definition) is 1. The third-order valence-electron chi connectivity index (χ3n) is 3.41. The Bertz CT molecular complexity index is 502. The van der Waals surface area contributed by atoms with E-state index in [1.165, 1.54) is 4.90 Å². The second-order valence-electron chi connectivity index (χ2n) is 4.57. The van der Waals surface area contributed by atoms with Gasteiger partial charge in [-0.2, -0.15) is 0 Å². The molecule has 0 bridgehead atoms. The number of carboxylic acid groups (broad SMARTS) is 1. The minimum absolute atomic E-state index is 0.197. The second kappa shape index (κ2) is 4.28. The molecule has 1 N–H and O–H groups in total. The van der Waals surface area contributed by atoms with Gasteiger partial charge >= 0.3 is 6.09 Å². The molecule has 18 heavy (non-hydrogen) atoms. The molecule has 0 saturated carbocycles. The maximum absolute atomic E-state index is 11.0. The number of rotatable bonds is 1. The molecular weight excluding hydrogens is 256 g/mol. The largest absolute Gasteiger partial charge is 0.465 e. The summed E-state index contributed by atoms with van der Waals surface area (Å²) in [5.74, 6) is 0.811. The molecule has 1 fully saturated rings. The molecular formula is C11H13ClN4O2. The minimum Gasteiger partial charge on any atom is -0.465 e. The summed E-state index contributed by atoms with van der Waals surface area (Å²) in [6, 6.07) is 0. The number of halogens is 1. The summed E-state index contributed by atoms with van der Waals surface area (Å²) in [7, 11) is 0. The van der Waals surface area contributed by atoms with Crippen LogP contribution in [0.1, 0.15) is 24.1 Å². The van der Waals surface area contributed by atoms with Crippen molar-refractivity contribution in [3.63, 3.8) is 0 Å². The molecule has 1 aromatic heterocycles. The highest BCUT2D eigenvalue weighted by Crippen LogP contribution is 2.31. The van der Waals surface area contributed by atoms with Crippen LogP contribution in [-0.2, 0) is 13.1 Å². The predicted octanol–water partition coefficient (Wildman–Crippen LogP) is 1.72. The van der Waals surface area contributed by atoms with Gasteiger partial charge in [-0.1, -0.05) is 0 Å². The number of aromatic nitrogens is 2. The molecule has 6 nitrogen and oxygen atoms in total. The van der Waals surface area contributed by atoms with E-state index in [1.807, 2.05) is 0 Å². The van der Waals surface area contributed by atoms with Crippen LogP contribution in [0.3, 0.4) is 0 Å². The Hall–Kier alpha value is -1.56. The average molecular weight is 269 g/mol. The molecule has 3 heterocycles. The van der Waals surface area contributed by atoms with Crippen molar-refractivity contribution < 1.29 is 9.90 Å². The maximum Gasteiger partial charge on any atom is 0.407 e. The molecule has 0 aliphatic carbocycles. The lowest BCUT2D eigenvalue weighted by atomic mass is 10.2. The average Bonchev–Trinajstić information content (AvgIpc) is 2.96. The summed E-state index contributed by atoms with van der Waals surface area (Å²) in [5.41, 5.74) is 1.64. The van der Waals surface area contributed by atoms with Gasteiger partial charge in [-0.15, -0.1) is 0 Å². The fourth-order valence-electron chi connectivity index (χ4n) is 2.53. The molecule has 1 amide bonds. The van der Waals surface area contributed by atoms with Gasteiger partial charge in [0.1, 0.15) is 5.82 Å². The first-order valence-electron chi connectivity index (χ1n) is 5.93. The smallest absolute Gasteiger partial charge is 0.407 e. The van der Waals surface area contributed by atoms with E-state index in [0.29, 0.717) is 13.1 Å². The summed E-state index contributed by atoms with van der Waals surface area (Å²) in [6.45, 7) is 2.56. The molecule has 3 rings (SSSR count). The van der Waals surface area contributed by atoms with Crippen LogP contribution in [-0.4, -0.2) is 39.2 Å². The third kappa shape index (κ3) is 1.86. The standard InChI is InChI=1S/C11H13ClN4O2/c12-10-13-8-6-16(11(17)18)5-7(8)9(14-10)15-3-1-2-4-15/h1-6H2,(H,17,18). The Labute approximate surface area is 109 Å². The molecule has 0 unspecified atom stereocenters. The van der Waals surface area contributed by atoms with Gasteiger partial charge in [-0.3, -0.25) is 4.90 Å². The Balaban J connectivity index is 1.99. The molecule has 96 valence electrons. The number of amides is 1. The van der Waals surface area contributed by atoms with Gasteiger partial charge in [-0.25, -0.2) is 14.8 Å². The van der Waals surface area contributed by atoms with Crippen molar-refractivity contribution in [1.29, 1.82) is 0 Å². The van der Waals surface area contributed by atoms with Gasteiger partial charge in [-0.05, 0) is 24.4 Å². The molecule has 2 aliphatic rings. The molecule has 0 radical (unpaired) electrons. The van der Waals surface area contributed by atoms with Gasteiger partial charge in [0.2, 0.25) is 5.28 Å². The van der Waals surface area contributed by atoms with E-state index < -0.39 is 6.09 Å². The topological polar surface area (TPSA) is 69.6 Å². The lowest BCUT2D eigenvalue weighted by molar-refractivity contribution is 0.145. The van der Waals surface area contributed by atoms with Crippen molar-refractivity contribution in [2.45, 2.75) is 25.9 Å². The molecule has 1 saturated heterocycles. The van der Waals surface area contributed by atoms with E-state index in [9.17, 15) is 4.79 Å². The normalized spacial score (nSPS) is 18.3. The van der Waals surface area contributed by atoms with Crippen LogP contribution in [0, 0.1) is 0 Å². The highest BCUT2D eigenvalue weighted by Gasteiger charge is 2.30. The van der Waals surface area contributed by atoms with Gasteiger partial charge < -0.3 is 10.0 Å². The molecule has 1 aromatic rings. The van der Waals surface area contributed by atoms with Gasteiger partial charge in [0.15, 0.2) is 0 Å². The minimum atomic E-state index is -0.934. The monoisotopic (exact) mass is 268 g/mol. The van der Waals surface area contributed by atoms with Crippen LogP contribution in [0.2, 0.25) is 5.28 Å². The Morgan fingerprint density at radius 3 is 2.61 bits per heavy atom. The number of anilines is 1. The van der Waals surface area contributed by atoms with Crippen molar-refractivity contribution in [2.75, 3.05) is 18.0 Å². The van der Waals surface area contributed by atoms with Gasteiger partial charge in [0.25, 0.3) is 0 Å². The van der Waals surface area contributed by atoms with Gasteiger partial charge in [0.05, 0.1) is 18.8 Å². The maximum atomic E-state index is 11.0. The van der Waals surface area contributed by atoms with Gasteiger partial charge in [0, 0.05) is 18.7 Å². The quantitative estimate of drug-likeness (QED) is 0.786. The zero-order valence-electron chi connectivity index (χ0n) is 9.76. The summed E-state index contributed by atoms with van der Waals surface area (Å²) in [5, 5.41) is 9.24. The molecule has 7 heteroatoms. The first kappa shape index (κ1) is 11.5. The van der Waals surface area contributed by atoms with E-state index in [2.05, 4.69) is 14.9 Å². The Kier molecular flexibility index (Phi) is 2.74. The second-order valence-corrected chi connectivity index (χ2v) is 4.91.